The van der Waals surface area contributed by atoms with Crippen LogP contribution in [0.1, 0.15) is 44.1 Å². The Balaban J connectivity index is 3.09. The first-order valence-electron chi connectivity index (χ1n) is 12.8. The molecule has 0 heterocycles. The maximum atomic E-state index is 13.2. The van der Waals surface area contributed by atoms with Crippen molar-refractivity contribution < 1.29 is 39.0 Å². The fourth-order valence-corrected chi connectivity index (χ4v) is 3.61. The molecule has 0 saturated heterocycles. The Bertz CT molecular complexity index is 1090. The Morgan fingerprint density at radius 2 is 1.32 bits per heavy atom. The molecule has 0 radical (unpaired) electrons. The molecule has 16 heteroatoms. The molecule has 4 atom stereocenters. The highest BCUT2D eigenvalue weighted by Gasteiger charge is 2.30. The molecule has 13 N–H and O–H groups in total. The summed E-state index contributed by atoms with van der Waals surface area (Å²) in [6.45, 7) is 0.0995. The van der Waals surface area contributed by atoms with Gasteiger partial charge < -0.3 is 49.1 Å². The van der Waals surface area contributed by atoms with Gasteiger partial charge in [0.15, 0.2) is 5.96 Å². The topological polar surface area (TPSA) is 295 Å². The van der Waals surface area contributed by atoms with Gasteiger partial charge in [-0.25, -0.2) is 4.79 Å². The maximum absolute atomic E-state index is 13.2. The molecule has 0 aliphatic rings. The van der Waals surface area contributed by atoms with Crippen molar-refractivity contribution in [3.05, 3.63) is 35.9 Å². The van der Waals surface area contributed by atoms with Crippen LogP contribution in [0.5, 0.6) is 0 Å². The van der Waals surface area contributed by atoms with Gasteiger partial charge in [0.2, 0.25) is 23.6 Å². The summed E-state index contributed by atoms with van der Waals surface area (Å²) in [6, 6.07) is 3.34. The number of carbonyl (C=O) groups excluding carboxylic acids is 4. The van der Waals surface area contributed by atoms with E-state index in [0.29, 0.717) is 5.56 Å². The van der Waals surface area contributed by atoms with Crippen molar-refractivity contribution in [3.8, 4) is 0 Å². The van der Waals surface area contributed by atoms with Gasteiger partial charge >= 0.3 is 11.9 Å². The van der Waals surface area contributed by atoms with Gasteiger partial charge in [-0.1, -0.05) is 30.3 Å². The third kappa shape index (κ3) is 14.3. The zero-order chi connectivity index (χ0) is 30.9. The van der Waals surface area contributed by atoms with E-state index in [9.17, 15) is 33.9 Å². The molecule has 0 aliphatic carbocycles. The molecular formula is C25H38N8O8. The van der Waals surface area contributed by atoms with Crippen molar-refractivity contribution in [1.82, 2.24) is 16.0 Å². The highest BCUT2D eigenvalue weighted by molar-refractivity contribution is 5.94. The van der Waals surface area contributed by atoms with Crippen LogP contribution in [-0.4, -0.2) is 82.5 Å². The zero-order valence-electron chi connectivity index (χ0n) is 22.5. The van der Waals surface area contributed by atoms with Crippen LogP contribution in [0.4, 0.5) is 0 Å². The van der Waals surface area contributed by atoms with Crippen molar-refractivity contribution in [2.24, 2.45) is 27.9 Å². The molecular weight excluding hydrogens is 540 g/mol. The zero-order valence-corrected chi connectivity index (χ0v) is 22.5. The largest absolute Gasteiger partial charge is 0.481 e. The van der Waals surface area contributed by atoms with E-state index in [1.807, 2.05) is 0 Å². The standard InChI is InChI=1S/C25H38N8O8/c26-15(8-10-19(27)34)21(37)31-17(9-11-20(35)36)23(39)32-16(7-4-12-30-25(28)29)22(38)33-18(24(40)41)13-14-5-2-1-3-6-14/h1-3,5-6,15-18H,4,7-13,26H2,(H2,27,34)(H,31,37)(H,32,39)(H,33,38)(H,35,36)(H,40,41)(H4,28,29,30). The summed E-state index contributed by atoms with van der Waals surface area (Å²) in [5.41, 5.74) is 22.1. The number of benzene rings is 1. The number of aliphatic carboxylic acids is 2. The number of hydrogen-bond donors (Lipinski definition) is 9. The number of aliphatic imine (C=N–C) groups is 1. The number of carbonyl (C=O) groups is 6. The van der Waals surface area contributed by atoms with E-state index < -0.39 is 66.2 Å². The summed E-state index contributed by atoms with van der Waals surface area (Å²) in [5, 5.41) is 26.0. The van der Waals surface area contributed by atoms with Crippen LogP contribution in [0.25, 0.3) is 0 Å². The van der Waals surface area contributed by atoms with Crippen LogP contribution in [0.3, 0.4) is 0 Å². The Morgan fingerprint density at radius 1 is 0.756 bits per heavy atom. The second-order valence-corrected chi connectivity index (χ2v) is 9.20. The van der Waals surface area contributed by atoms with Gasteiger partial charge in [0, 0.05) is 25.8 Å². The van der Waals surface area contributed by atoms with Gasteiger partial charge in [-0.2, -0.15) is 0 Å². The van der Waals surface area contributed by atoms with Crippen molar-refractivity contribution in [2.45, 2.75) is 69.1 Å². The van der Waals surface area contributed by atoms with Crippen LogP contribution in [0.15, 0.2) is 35.3 Å². The Hall–Kier alpha value is -4.73. The van der Waals surface area contributed by atoms with Crippen LogP contribution < -0.4 is 38.9 Å². The smallest absolute Gasteiger partial charge is 0.326 e. The van der Waals surface area contributed by atoms with E-state index in [2.05, 4.69) is 20.9 Å². The highest BCUT2D eigenvalue weighted by Crippen LogP contribution is 2.07. The summed E-state index contributed by atoms with van der Waals surface area (Å²) in [6.07, 6.45) is -0.996. The number of carboxylic acids is 2. The SMILES string of the molecule is NC(=O)CCC(N)C(=O)NC(CCC(=O)O)C(=O)NC(CCCN=C(N)N)C(=O)NC(Cc1ccccc1)C(=O)O. The summed E-state index contributed by atoms with van der Waals surface area (Å²) < 4.78 is 0. The second kappa shape index (κ2) is 17.8. The molecule has 0 fully saturated rings. The molecule has 226 valence electrons. The minimum absolute atomic E-state index is 0.0241. The van der Waals surface area contributed by atoms with Gasteiger partial charge in [-0.15, -0.1) is 0 Å². The van der Waals surface area contributed by atoms with E-state index >= 15 is 0 Å². The van der Waals surface area contributed by atoms with E-state index in [1.54, 1.807) is 30.3 Å². The lowest BCUT2D eigenvalue weighted by molar-refractivity contribution is -0.142. The molecule has 4 unspecified atom stereocenters. The third-order valence-corrected chi connectivity index (χ3v) is 5.79. The average Bonchev–Trinajstić information content (AvgIpc) is 2.90. The number of nitrogens with one attached hydrogen (secondary N) is 3. The number of amides is 4. The molecule has 16 nitrogen and oxygen atoms in total. The third-order valence-electron chi connectivity index (χ3n) is 5.79. The molecule has 0 aromatic heterocycles. The van der Waals surface area contributed by atoms with Crippen LogP contribution >= 0.6 is 0 Å². The van der Waals surface area contributed by atoms with E-state index in [1.165, 1.54) is 0 Å². The van der Waals surface area contributed by atoms with Gasteiger partial charge in [0.1, 0.15) is 18.1 Å². The van der Waals surface area contributed by atoms with E-state index in [-0.39, 0.29) is 51.0 Å². The lowest BCUT2D eigenvalue weighted by Crippen LogP contribution is -2.57. The lowest BCUT2D eigenvalue weighted by Gasteiger charge is -2.25. The van der Waals surface area contributed by atoms with E-state index in [0.717, 1.165) is 0 Å². The lowest BCUT2D eigenvalue weighted by atomic mass is 10.0. The fraction of sp³-hybridized carbons (Fsp3) is 0.480. The Kier molecular flexibility index (Phi) is 14.9. The van der Waals surface area contributed by atoms with Crippen molar-refractivity contribution >= 4 is 41.5 Å². The van der Waals surface area contributed by atoms with E-state index in [4.69, 9.17) is 28.0 Å². The molecule has 4 amide bonds. The predicted octanol–water partition coefficient (Wildman–Crippen LogP) is -2.72. The van der Waals surface area contributed by atoms with Crippen LogP contribution in [-0.2, 0) is 35.2 Å². The van der Waals surface area contributed by atoms with Gasteiger partial charge in [0.05, 0.1) is 6.04 Å². The van der Waals surface area contributed by atoms with Gasteiger partial charge in [-0.05, 0) is 31.2 Å². The molecule has 0 aliphatic heterocycles. The highest BCUT2D eigenvalue weighted by atomic mass is 16.4. The average molecular weight is 579 g/mol. The monoisotopic (exact) mass is 578 g/mol. The van der Waals surface area contributed by atoms with Gasteiger partial charge in [-0.3, -0.25) is 29.0 Å². The number of carboxylic acid groups (broad SMARTS) is 2. The number of hydrogen-bond acceptors (Lipinski definition) is 8. The number of rotatable bonds is 19. The minimum atomic E-state index is -1.41. The maximum Gasteiger partial charge on any atom is 0.326 e. The fourth-order valence-electron chi connectivity index (χ4n) is 3.61. The molecule has 1 rings (SSSR count). The predicted molar refractivity (Wildman–Crippen MR) is 147 cm³/mol. The molecule has 0 bridgehead atoms. The van der Waals surface area contributed by atoms with Crippen LogP contribution in [0, 0.1) is 0 Å². The molecule has 1 aromatic carbocycles. The van der Waals surface area contributed by atoms with Crippen LogP contribution in [0.2, 0.25) is 0 Å². The first-order chi connectivity index (χ1) is 19.3. The molecule has 41 heavy (non-hydrogen) atoms. The number of nitrogens with zero attached hydrogens (tertiary/aromatic N) is 1. The normalized spacial score (nSPS) is 13.5. The van der Waals surface area contributed by atoms with Gasteiger partial charge in [0.25, 0.3) is 0 Å². The second-order valence-electron chi connectivity index (χ2n) is 9.20. The number of guanidine groups is 1. The number of nitrogens with two attached hydrogens (primary N) is 4. The Morgan fingerprint density at radius 3 is 1.85 bits per heavy atom. The summed E-state index contributed by atoms with van der Waals surface area (Å²) in [4.78, 5) is 76.6. The Labute approximate surface area is 236 Å². The van der Waals surface area contributed by atoms with Crippen molar-refractivity contribution in [3.63, 3.8) is 0 Å². The quantitative estimate of drug-likeness (QED) is 0.0461. The summed E-state index contributed by atoms with van der Waals surface area (Å²) in [7, 11) is 0. The van der Waals surface area contributed by atoms with Crippen molar-refractivity contribution in [1.29, 1.82) is 0 Å². The first-order valence-corrected chi connectivity index (χ1v) is 12.8. The molecule has 1 aromatic rings. The van der Waals surface area contributed by atoms with Crippen molar-refractivity contribution in [2.75, 3.05) is 6.54 Å². The first kappa shape index (κ1) is 34.3. The number of primary amides is 1. The summed E-state index contributed by atoms with van der Waals surface area (Å²) >= 11 is 0. The summed E-state index contributed by atoms with van der Waals surface area (Å²) in [5.74, 6) is -5.98. The molecule has 0 saturated carbocycles. The molecule has 0 spiro atoms. The minimum Gasteiger partial charge on any atom is -0.481 e.